The molecule has 0 rings (SSSR count). The molecule has 0 aliphatic carbocycles. The van der Waals surface area contributed by atoms with Gasteiger partial charge < -0.3 is 20.1 Å². The Labute approximate surface area is 347 Å². The minimum Gasteiger partial charge on any atom is -0.492 e. The average Bonchev–Trinajstić information content (AvgIpc) is 3.19. The Morgan fingerprint density at radius 2 is 0.893 bits per heavy atom. The van der Waals surface area contributed by atoms with Crippen LogP contribution in [0.5, 0.6) is 0 Å². The zero-order valence-electron chi connectivity index (χ0n) is 37.1. The van der Waals surface area contributed by atoms with E-state index in [1.165, 1.54) is 199 Å². The zero-order chi connectivity index (χ0) is 40.9. The van der Waals surface area contributed by atoms with E-state index in [2.05, 4.69) is 13.8 Å². The largest absolute Gasteiger partial charge is 0.492 e. The number of phosphoric ester groups is 1. The van der Waals surface area contributed by atoms with Gasteiger partial charge in [-0.2, -0.15) is 0 Å². The second-order valence-corrected chi connectivity index (χ2v) is 17.9. The highest BCUT2D eigenvalue weighted by molar-refractivity contribution is 7.47. The number of esters is 1. The van der Waals surface area contributed by atoms with Gasteiger partial charge in [-0.1, -0.05) is 226 Å². The third-order valence-corrected chi connectivity index (χ3v) is 11.8. The summed E-state index contributed by atoms with van der Waals surface area (Å²) < 4.78 is 33.3. The number of hydrogen-bond donors (Lipinski definition) is 2. The first kappa shape index (κ1) is 55.1. The minimum atomic E-state index is -4.26. The van der Waals surface area contributed by atoms with Gasteiger partial charge in [-0.15, -0.1) is 0 Å². The quantitative estimate of drug-likeness (QED) is 0.0270. The summed E-state index contributed by atoms with van der Waals surface area (Å²) in [5, 5.41) is 0. The molecule has 334 valence electrons. The van der Waals surface area contributed by atoms with E-state index in [0.29, 0.717) is 6.42 Å². The molecule has 2 unspecified atom stereocenters. The molecule has 0 saturated heterocycles. The third kappa shape index (κ3) is 44.2. The number of phosphoric acid groups is 1. The normalized spacial score (nSPS) is 13.4. The maximum absolute atomic E-state index is 12.4. The number of allylic oxidation sites excluding steroid dienone is 1. The molecule has 0 amide bonds. The van der Waals surface area contributed by atoms with Crippen LogP contribution in [-0.4, -0.2) is 43.3 Å². The van der Waals surface area contributed by atoms with Crippen LogP contribution in [0, 0.1) is 0 Å². The molecule has 0 aromatic heterocycles. The summed E-state index contributed by atoms with van der Waals surface area (Å²) in [4.78, 5) is 22.3. The average molecular weight is 816 g/mol. The van der Waals surface area contributed by atoms with Crippen LogP contribution in [0.2, 0.25) is 0 Å². The van der Waals surface area contributed by atoms with Crippen LogP contribution in [0.25, 0.3) is 0 Å². The molecule has 0 bridgehead atoms. The molecule has 0 fully saturated rings. The number of rotatable bonds is 47. The number of hydrogen-bond acceptors (Lipinski definition) is 7. The number of ether oxygens (including phenoxy) is 2. The van der Waals surface area contributed by atoms with Gasteiger partial charge in [0.15, 0.2) is 6.10 Å². The van der Waals surface area contributed by atoms with E-state index in [9.17, 15) is 14.3 Å². The zero-order valence-corrected chi connectivity index (χ0v) is 38.0. The Hall–Kier alpha value is -0.920. The highest BCUT2D eigenvalue weighted by Crippen LogP contribution is 2.43. The summed E-state index contributed by atoms with van der Waals surface area (Å²) in [6, 6.07) is 0. The van der Waals surface area contributed by atoms with E-state index >= 15 is 0 Å². The molecule has 0 saturated carbocycles. The number of carbonyl (C=O) groups excluding carboxylic acids is 1. The van der Waals surface area contributed by atoms with Gasteiger partial charge >= 0.3 is 13.8 Å². The van der Waals surface area contributed by atoms with Gasteiger partial charge in [0.25, 0.3) is 0 Å². The molecule has 0 radical (unpaired) electrons. The minimum absolute atomic E-state index is 0.0574. The van der Waals surface area contributed by atoms with Crippen molar-refractivity contribution in [1.82, 2.24) is 0 Å². The maximum Gasteiger partial charge on any atom is 0.472 e. The van der Waals surface area contributed by atoms with Gasteiger partial charge in [0, 0.05) is 13.0 Å². The summed E-state index contributed by atoms with van der Waals surface area (Å²) in [6.07, 6.45) is 50.6. The summed E-state index contributed by atoms with van der Waals surface area (Å²) in [5.74, 6) is -0.283. The number of nitrogens with two attached hydrogens (primary N) is 1. The number of unbranched alkanes of at least 4 members (excludes halogenated alkanes) is 34. The van der Waals surface area contributed by atoms with Gasteiger partial charge in [-0.25, -0.2) is 4.57 Å². The molecule has 0 heterocycles. The van der Waals surface area contributed by atoms with E-state index in [1.54, 1.807) is 6.26 Å². The fraction of sp³-hybridized carbons (Fsp3) is 0.936. The van der Waals surface area contributed by atoms with Crippen molar-refractivity contribution in [2.75, 3.05) is 26.4 Å². The molecule has 2 atom stereocenters. The Balaban J connectivity index is 3.94. The second kappa shape index (κ2) is 45.2. The molecule has 0 aromatic carbocycles. The Kier molecular flexibility index (Phi) is 44.4. The standard InChI is InChI=1S/C47H94NO7P/c1-3-5-7-9-11-13-15-17-19-21-22-23-24-25-26-28-30-32-34-36-38-40-47(49)53-44-46(45-55-56(50,51)54-43-41-48)52-42-39-37-35-33-31-29-27-20-18-16-14-12-10-8-6-4-2/h39,42,46H,3-38,40-41,43-45,48H2,1-2H3,(H,50,51). The molecule has 0 aliphatic heterocycles. The van der Waals surface area contributed by atoms with E-state index in [1.807, 2.05) is 6.08 Å². The summed E-state index contributed by atoms with van der Waals surface area (Å²) in [6.45, 7) is 4.27. The van der Waals surface area contributed by atoms with Gasteiger partial charge in [-0.05, 0) is 25.3 Å². The lowest BCUT2D eigenvalue weighted by atomic mass is 10.0. The Morgan fingerprint density at radius 3 is 1.27 bits per heavy atom. The molecular formula is C47H94NO7P. The van der Waals surface area contributed by atoms with Crippen molar-refractivity contribution < 1.29 is 32.8 Å². The highest BCUT2D eigenvalue weighted by Gasteiger charge is 2.24. The van der Waals surface area contributed by atoms with Crippen LogP contribution in [0.1, 0.15) is 251 Å². The van der Waals surface area contributed by atoms with E-state index in [-0.39, 0.29) is 32.3 Å². The van der Waals surface area contributed by atoms with Crippen molar-refractivity contribution in [2.24, 2.45) is 5.73 Å². The van der Waals surface area contributed by atoms with Crippen LogP contribution in [0.3, 0.4) is 0 Å². The van der Waals surface area contributed by atoms with Gasteiger partial charge in [0.05, 0.1) is 19.5 Å². The SMILES string of the molecule is CCCCCCCCCCCCCCCCC=COC(COC(=O)CCCCCCCCCCCCCCCCCCCCCCC)COP(=O)(O)OCCN. The lowest BCUT2D eigenvalue weighted by Gasteiger charge is -2.19. The van der Waals surface area contributed by atoms with Crippen molar-refractivity contribution in [2.45, 2.75) is 258 Å². The van der Waals surface area contributed by atoms with Gasteiger partial charge in [0.1, 0.15) is 6.61 Å². The van der Waals surface area contributed by atoms with Crippen LogP contribution in [-0.2, 0) is 27.9 Å². The fourth-order valence-corrected chi connectivity index (χ4v) is 7.93. The molecular weight excluding hydrogens is 721 g/mol. The van der Waals surface area contributed by atoms with Crippen molar-refractivity contribution in [3.8, 4) is 0 Å². The molecule has 9 heteroatoms. The van der Waals surface area contributed by atoms with Crippen molar-refractivity contribution >= 4 is 13.8 Å². The molecule has 3 N–H and O–H groups in total. The van der Waals surface area contributed by atoms with Crippen LogP contribution >= 0.6 is 7.82 Å². The van der Waals surface area contributed by atoms with Crippen molar-refractivity contribution in [3.05, 3.63) is 12.3 Å². The van der Waals surface area contributed by atoms with Gasteiger partial charge in [0.2, 0.25) is 0 Å². The van der Waals surface area contributed by atoms with E-state index in [0.717, 1.165) is 32.1 Å². The molecule has 56 heavy (non-hydrogen) atoms. The van der Waals surface area contributed by atoms with Crippen LogP contribution in [0.4, 0.5) is 0 Å². The lowest BCUT2D eigenvalue weighted by molar-refractivity contribution is -0.147. The first-order valence-corrected chi connectivity index (χ1v) is 25.7. The van der Waals surface area contributed by atoms with Gasteiger partial charge in [-0.3, -0.25) is 13.8 Å². The second-order valence-electron chi connectivity index (χ2n) is 16.4. The summed E-state index contributed by atoms with van der Waals surface area (Å²) >= 11 is 0. The smallest absolute Gasteiger partial charge is 0.472 e. The highest BCUT2D eigenvalue weighted by atomic mass is 31.2. The van der Waals surface area contributed by atoms with Crippen molar-refractivity contribution in [1.29, 1.82) is 0 Å². The van der Waals surface area contributed by atoms with Crippen LogP contribution in [0.15, 0.2) is 12.3 Å². The maximum atomic E-state index is 12.4. The molecule has 0 aromatic rings. The topological polar surface area (TPSA) is 117 Å². The first-order valence-electron chi connectivity index (χ1n) is 24.2. The lowest BCUT2D eigenvalue weighted by Crippen LogP contribution is -2.25. The Bertz CT molecular complexity index is 873. The predicted octanol–water partition coefficient (Wildman–Crippen LogP) is 15.0. The third-order valence-electron chi connectivity index (χ3n) is 10.8. The Morgan fingerprint density at radius 1 is 0.536 bits per heavy atom. The van der Waals surface area contributed by atoms with E-state index < -0.39 is 13.9 Å². The summed E-state index contributed by atoms with van der Waals surface area (Å²) in [7, 11) is -4.26. The monoisotopic (exact) mass is 816 g/mol. The summed E-state index contributed by atoms with van der Waals surface area (Å²) in [5.41, 5.74) is 5.38. The van der Waals surface area contributed by atoms with Crippen molar-refractivity contribution in [3.63, 3.8) is 0 Å². The molecule has 0 aliphatic rings. The van der Waals surface area contributed by atoms with Crippen LogP contribution < -0.4 is 5.73 Å². The fourth-order valence-electron chi connectivity index (χ4n) is 7.16. The first-order chi connectivity index (χ1) is 27.4. The van der Waals surface area contributed by atoms with E-state index in [4.69, 9.17) is 24.3 Å². The molecule has 8 nitrogen and oxygen atoms in total. The number of carbonyl (C=O) groups is 1. The molecule has 0 spiro atoms. The predicted molar refractivity (Wildman–Crippen MR) is 238 cm³/mol.